The number of aromatic nitrogens is 3. The normalized spacial score (nSPS) is 11.4. The molecule has 0 radical (unpaired) electrons. The van der Waals surface area contributed by atoms with Crippen LogP contribution in [0.25, 0.3) is 100 Å². The van der Waals surface area contributed by atoms with Crippen molar-refractivity contribution >= 4 is 27.5 Å². The Hall–Kier alpha value is -7.75. The van der Waals surface area contributed by atoms with Gasteiger partial charge < -0.3 is 4.57 Å². The summed E-state index contributed by atoms with van der Waals surface area (Å²) >= 11 is 0. The van der Waals surface area contributed by atoms with Crippen LogP contribution in [0.5, 0.6) is 0 Å². The second-order valence-electron chi connectivity index (χ2n) is 14.8. The van der Waals surface area contributed by atoms with Gasteiger partial charge in [0.25, 0.3) is 0 Å². The fourth-order valence-electron chi connectivity index (χ4n) is 8.52. The Balaban J connectivity index is 1.07. The highest BCUT2D eigenvalue weighted by Gasteiger charge is 2.18. The Morgan fingerprint density at radius 1 is 0.310 bits per heavy atom. The second kappa shape index (κ2) is 14.1. The van der Waals surface area contributed by atoms with Crippen molar-refractivity contribution in [2.45, 2.75) is 0 Å². The fourth-order valence-corrected chi connectivity index (χ4v) is 8.52. The first kappa shape index (κ1) is 33.6. The molecular weight excluding hydrogens is 703 g/mol. The van der Waals surface area contributed by atoms with Gasteiger partial charge in [-0.05, 0) is 105 Å². The molecule has 3 heteroatoms. The molecule has 0 fully saturated rings. The number of hydrogen-bond donors (Lipinski definition) is 0. The summed E-state index contributed by atoms with van der Waals surface area (Å²) in [4.78, 5) is 5.14. The van der Waals surface area contributed by atoms with Crippen LogP contribution in [0.15, 0.2) is 225 Å². The third kappa shape index (κ3) is 5.89. The summed E-state index contributed by atoms with van der Waals surface area (Å²) in [5, 5.41) is 2.43. The van der Waals surface area contributed by atoms with E-state index in [2.05, 4.69) is 227 Å². The molecule has 0 atom stereocenters. The summed E-state index contributed by atoms with van der Waals surface area (Å²) in [6.45, 7) is 0. The number of fused-ring (bicyclic) bond motifs is 4. The van der Waals surface area contributed by atoms with Crippen LogP contribution in [0, 0.1) is 0 Å². The van der Waals surface area contributed by atoms with Crippen molar-refractivity contribution < 1.29 is 0 Å². The van der Waals surface area contributed by atoms with Gasteiger partial charge in [-0.3, -0.25) is 4.40 Å². The molecule has 58 heavy (non-hydrogen) atoms. The zero-order valence-electron chi connectivity index (χ0n) is 31.7. The Bertz CT molecular complexity index is 3110. The second-order valence-corrected chi connectivity index (χ2v) is 14.8. The van der Waals surface area contributed by atoms with Gasteiger partial charge in [0.15, 0.2) is 0 Å². The average molecular weight is 740 g/mol. The van der Waals surface area contributed by atoms with Crippen molar-refractivity contribution in [1.82, 2.24) is 14.0 Å². The highest BCUT2D eigenvalue weighted by atomic mass is 15.0. The Labute approximate surface area is 337 Å². The Kier molecular flexibility index (Phi) is 8.15. The van der Waals surface area contributed by atoms with E-state index < -0.39 is 0 Å². The standard InChI is InChI=1S/C55H37N3/c1-4-14-38(15-5-1)42-20-12-22-44(34-42)46-27-31-51-49(36-46)50-37-47(45-23-13-21-43(35-45)39-16-6-2-7-17-39)28-32-52(50)58(51)48-29-25-40(26-30-48)54-55(41-18-8-3-9-19-41)57-33-11-10-24-53(57)56-54/h1-37H. The van der Waals surface area contributed by atoms with E-state index in [1.165, 1.54) is 66.3 Å². The number of imidazole rings is 1. The van der Waals surface area contributed by atoms with E-state index in [4.69, 9.17) is 4.98 Å². The third-order valence-corrected chi connectivity index (χ3v) is 11.3. The summed E-state index contributed by atoms with van der Waals surface area (Å²) in [6.07, 6.45) is 2.10. The number of rotatable bonds is 7. The Morgan fingerprint density at radius 3 is 1.28 bits per heavy atom. The van der Waals surface area contributed by atoms with Crippen LogP contribution in [0.3, 0.4) is 0 Å². The first-order chi connectivity index (χ1) is 28.7. The Morgan fingerprint density at radius 2 is 0.741 bits per heavy atom. The van der Waals surface area contributed by atoms with E-state index in [1.807, 2.05) is 6.07 Å². The van der Waals surface area contributed by atoms with Crippen molar-refractivity contribution in [3.63, 3.8) is 0 Å². The van der Waals surface area contributed by atoms with Crippen molar-refractivity contribution in [1.29, 1.82) is 0 Å². The molecule has 11 rings (SSSR count). The number of pyridine rings is 1. The minimum atomic E-state index is 0.929. The molecule has 8 aromatic carbocycles. The smallest absolute Gasteiger partial charge is 0.137 e. The number of hydrogen-bond acceptors (Lipinski definition) is 1. The SMILES string of the molecule is c1ccc(-c2cccc(-c3ccc4c(c3)c3cc(-c5cccc(-c6ccccc6)c5)ccc3n4-c3ccc(-c4nc5ccccn5c4-c4ccccc4)cc3)c2)cc1. The van der Waals surface area contributed by atoms with Gasteiger partial charge in [0.05, 0.1) is 22.4 Å². The lowest BCUT2D eigenvalue weighted by molar-refractivity contribution is 1.18. The van der Waals surface area contributed by atoms with E-state index in [1.54, 1.807) is 0 Å². The van der Waals surface area contributed by atoms with Gasteiger partial charge in [0.2, 0.25) is 0 Å². The van der Waals surface area contributed by atoms with Crippen LogP contribution in [0.1, 0.15) is 0 Å². The summed E-state index contributed by atoms with van der Waals surface area (Å²) in [7, 11) is 0. The van der Waals surface area contributed by atoms with Crippen LogP contribution in [0.2, 0.25) is 0 Å². The maximum Gasteiger partial charge on any atom is 0.137 e. The topological polar surface area (TPSA) is 22.2 Å². The lowest BCUT2D eigenvalue weighted by atomic mass is 9.96. The monoisotopic (exact) mass is 739 g/mol. The van der Waals surface area contributed by atoms with Gasteiger partial charge >= 0.3 is 0 Å². The third-order valence-electron chi connectivity index (χ3n) is 11.3. The first-order valence-corrected chi connectivity index (χ1v) is 19.8. The van der Waals surface area contributed by atoms with Crippen molar-refractivity contribution in [2.75, 3.05) is 0 Å². The molecular formula is C55H37N3. The molecule has 11 aromatic rings. The van der Waals surface area contributed by atoms with Crippen LogP contribution in [-0.4, -0.2) is 14.0 Å². The van der Waals surface area contributed by atoms with E-state index in [9.17, 15) is 0 Å². The maximum absolute atomic E-state index is 5.14. The van der Waals surface area contributed by atoms with Gasteiger partial charge in [-0.2, -0.15) is 0 Å². The largest absolute Gasteiger partial charge is 0.309 e. The lowest BCUT2D eigenvalue weighted by Crippen LogP contribution is -1.94. The van der Waals surface area contributed by atoms with E-state index in [-0.39, 0.29) is 0 Å². The first-order valence-electron chi connectivity index (χ1n) is 19.8. The van der Waals surface area contributed by atoms with Gasteiger partial charge in [0.1, 0.15) is 5.65 Å². The van der Waals surface area contributed by atoms with Crippen LogP contribution in [-0.2, 0) is 0 Å². The van der Waals surface area contributed by atoms with Gasteiger partial charge in [-0.15, -0.1) is 0 Å². The molecule has 0 spiro atoms. The quantitative estimate of drug-likeness (QED) is 0.160. The summed E-state index contributed by atoms with van der Waals surface area (Å²) in [6, 6.07) is 78.5. The molecule has 3 nitrogen and oxygen atoms in total. The molecule has 0 aliphatic carbocycles. The van der Waals surface area contributed by atoms with E-state index in [0.717, 1.165) is 33.8 Å². The van der Waals surface area contributed by atoms with Gasteiger partial charge in [-0.25, -0.2) is 4.98 Å². The van der Waals surface area contributed by atoms with Crippen molar-refractivity contribution in [3.05, 3.63) is 225 Å². The molecule has 3 aromatic heterocycles. The fraction of sp³-hybridized carbons (Fsp3) is 0. The lowest BCUT2D eigenvalue weighted by Gasteiger charge is -2.11. The van der Waals surface area contributed by atoms with E-state index >= 15 is 0 Å². The highest BCUT2D eigenvalue weighted by molar-refractivity contribution is 6.11. The molecule has 0 saturated carbocycles. The van der Waals surface area contributed by atoms with Crippen LogP contribution < -0.4 is 0 Å². The minimum Gasteiger partial charge on any atom is -0.309 e. The average Bonchev–Trinajstić information content (AvgIpc) is 3.86. The summed E-state index contributed by atoms with van der Waals surface area (Å²) in [5.74, 6) is 0. The molecule has 0 unspecified atom stereocenters. The molecule has 0 aliphatic heterocycles. The van der Waals surface area contributed by atoms with Crippen LogP contribution >= 0.6 is 0 Å². The molecule has 0 aliphatic rings. The zero-order valence-corrected chi connectivity index (χ0v) is 31.7. The predicted octanol–water partition coefficient (Wildman–Crippen LogP) is 14.4. The van der Waals surface area contributed by atoms with Crippen LogP contribution in [0.4, 0.5) is 0 Å². The highest BCUT2D eigenvalue weighted by Crippen LogP contribution is 2.39. The molecule has 0 saturated heterocycles. The molecule has 0 amide bonds. The predicted molar refractivity (Wildman–Crippen MR) is 242 cm³/mol. The maximum atomic E-state index is 5.14. The summed E-state index contributed by atoms with van der Waals surface area (Å²) in [5.41, 5.74) is 18.3. The summed E-state index contributed by atoms with van der Waals surface area (Å²) < 4.78 is 4.59. The van der Waals surface area contributed by atoms with Crippen molar-refractivity contribution in [2.24, 2.45) is 0 Å². The number of nitrogens with zero attached hydrogens (tertiary/aromatic N) is 3. The molecule has 3 heterocycles. The number of benzene rings is 8. The minimum absolute atomic E-state index is 0.929. The van der Waals surface area contributed by atoms with E-state index in [0.29, 0.717) is 0 Å². The van der Waals surface area contributed by atoms with Crippen molar-refractivity contribution in [3.8, 4) is 72.7 Å². The van der Waals surface area contributed by atoms with Gasteiger partial charge in [-0.1, -0.05) is 158 Å². The molecule has 0 bridgehead atoms. The molecule has 0 N–H and O–H groups in total. The van der Waals surface area contributed by atoms with Gasteiger partial charge in [0, 0.05) is 33.8 Å². The molecule has 272 valence electrons. The zero-order chi connectivity index (χ0) is 38.4.